The van der Waals surface area contributed by atoms with E-state index in [1.807, 2.05) is 6.92 Å². The van der Waals surface area contributed by atoms with E-state index in [2.05, 4.69) is 20.8 Å². The summed E-state index contributed by atoms with van der Waals surface area (Å²) in [5.41, 5.74) is -0.0774. The average molecular weight is 174 g/mol. The van der Waals surface area contributed by atoms with E-state index in [0.717, 1.165) is 12.8 Å². The molecule has 1 atom stereocenters. The first-order chi connectivity index (χ1) is 5.68. The van der Waals surface area contributed by atoms with E-state index in [9.17, 15) is 0 Å². The van der Waals surface area contributed by atoms with Gasteiger partial charge in [0.15, 0.2) is 0 Å². The van der Waals surface area contributed by atoms with Gasteiger partial charge in [0.2, 0.25) is 0 Å². The molecule has 0 heterocycles. The van der Waals surface area contributed by atoms with Gasteiger partial charge >= 0.3 is 0 Å². The fraction of sp³-hybridized carbons (Fsp3) is 1.00. The average Bonchev–Trinajstić information content (AvgIpc) is 2.11. The van der Waals surface area contributed by atoms with Crippen LogP contribution in [0.4, 0.5) is 0 Å². The zero-order valence-corrected chi connectivity index (χ0v) is 8.85. The minimum Gasteiger partial charge on any atom is -0.236 e. The first-order valence-electron chi connectivity index (χ1n) is 4.99. The molecular weight excluding hydrogens is 152 g/mol. The summed E-state index contributed by atoms with van der Waals surface area (Å²) >= 11 is 0. The van der Waals surface area contributed by atoms with E-state index in [0.29, 0.717) is 6.61 Å². The molecule has 0 aromatic heterocycles. The molecule has 0 spiro atoms. The Bertz CT molecular complexity index is 94.0. The predicted molar refractivity (Wildman–Crippen MR) is 50.9 cm³/mol. The Morgan fingerprint density at radius 2 is 1.83 bits per heavy atom. The Morgan fingerprint density at radius 3 is 2.25 bits per heavy atom. The summed E-state index contributed by atoms with van der Waals surface area (Å²) < 4.78 is 0. The summed E-state index contributed by atoms with van der Waals surface area (Å²) in [5.74, 6) is 0. The largest absolute Gasteiger partial charge is 0.236 e. The van der Waals surface area contributed by atoms with Gasteiger partial charge < -0.3 is 0 Å². The quantitative estimate of drug-likeness (QED) is 0.435. The molecule has 2 nitrogen and oxygen atoms in total. The first-order valence-corrected chi connectivity index (χ1v) is 4.99. The minimum atomic E-state index is -0.0774. The third-order valence-electron chi connectivity index (χ3n) is 2.19. The van der Waals surface area contributed by atoms with Crippen LogP contribution >= 0.6 is 0 Å². The fourth-order valence-electron chi connectivity index (χ4n) is 1.03. The molecule has 74 valence electrons. The van der Waals surface area contributed by atoms with Crippen LogP contribution in [-0.2, 0) is 9.78 Å². The van der Waals surface area contributed by atoms with Gasteiger partial charge in [-0.2, -0.15) is 0 Å². The molecule has 12 heavy (non-hydrogen) atoms. The van der Waals surface area contributed by atoms with Crippen LogP contribution < -0.4 is 0 Å². The van der Waals surface area contributed by atoms with Crippen molar-refractivity contribution in [2.45, 2.75) is 59.0 Å². The normalized spacial score (nSPS) is 16.0. The maximum absolute atomic E-state index is 5.33. The van der Waals surface area contributed by atoms with Crippen LogP contribution in [0.5, 0.6) is 0 Å². The first kappa shape index (κ1) is 11.9. The summed E-state index contributed by atoms with van der Waals surface area (Å²) in [5, 5.41) is 0. The van der Waals surface area contributed by atoms with Gasteiger partial charge in [-0.1, -0.05) is 26.7 Å². The van der Waals surface area contributed by atoms with E-state index < -0.39 is 0 Å². The number of hydrogen-bond acceptors (Lipinski definition) is 2. The van der Waals surface area contributed by atoms with E-state index in [4.69, 9.17) is 9.78 Å². The van der Waals surface area contributed by atoms with Crippen molar-refractivity contribution in [3.8, 4) is 0 Å². The van der Waals surface area contributed by atoms with E-state index >= 15 is 0 Å². The maximum atomic E-state index is 5.33. The van der Waals surface area contributed by atoms with Crippen molar-refractivity contribution < 1.29 is 9.78 Å². The summed E-state index contributed by atoms with van der Waals surface area (Å²) in [6, 6.07) is 0. The molecule has 0 rings (SSSR count). The SMILES string of the molecule is CCCCC(C)(CC)OOCC. The van der Waals surface area contributed by atoms with Crippen LogP contribution in [0.3, 0.4) is 0 Å². The third kappa shape index (κ3) is 4.73. The predicted octanol–water partition coefficient (Wildman–Crippen LogP) is 3.31. The molecule has 0 amide bonds. The van der Waals surface area contributed by atoms with Crippen molar-refractivity contribution >= 4 is 0 Å². The topological polar surface area (TPSA) is 18.5 Å². The number of rotatable bonds is 7. The molecule has 0 N–H and O–H groups in total. The van der Waals surface area contributed by atoms with Gasteiger partial charge in [-0.15, -0.1) is 0 Å². The minimum absolute atomic E-state index is 0.0774. The van der Waals surface area contributed by atoms with Gasteiger partial charge in [-0.3, -0.25) is 0 Å². The van der Waals surface area contributed by atoms with Gasteiger partial charge in [-0.25, -0.2) is 9.78 Å². The van der Waals surface area contributed by atoms with Crippen LogP contribution in [-0.4, -0.2) is 12.2 Å². The molecule has 0 saturated carbocycles. The highest BCUT2D eigenvalue weighted by atomic mass is 17.2. The van der Waals surface area contributed by atoms with Crippen LogP contribution in [0.15, 0.2) is 0 Å². The highest BCUT2D eigenvalue weighted by Crippen LogP contribution is 2.22. The summed E-state index contributed by atoms with van der Waals surface area (Å²) in [6.07, 6.45) is 4.51. The van der Waals surface area contributed by atoms with Crippen molar-refractivity contribution in [3.63, 3.8) is 0 Å². The van der Waals surface area contributed by atoms with Crippen molar-refractivity contribution in [1.29, 1.82) is 0 Å². The van der Waals surface area contributed by atoms with Crippen LogP contribution in [0.2, 0.25) is 0 Å². The molecule has 0 aliphatic heterocycles. The summed E-state index contributed by atoms with van der Waals surface area (Å²) in [4.78, 5) is 10.3. The van der Waals surface area contributed by atoms with Crippen molar-refractivity contribution in [1.82, 2.24) is 0 Å². The lowest BCUT2D eigenvalue weighted by Gasteiger charge is -2.26. The molecule has 0 fully saturated rings. The van der Waals surface area contributed by atoms with E-state index in [1.165, 1.54) is 12.8 Å². The molecule has 0 radical (unpaired) electrons. The second-order valence-corrected chi connectivity index (χ2v) is 3.40. The Kier molecular flexibility index (Phi) is 6.39. The molecule has 0 aromatic carbocycles. The van der Waals surface area contributed by atoms with E-state index in [-0.39, 0.29) is 5.60 Å². The number of unbranched alkanes of at least 4 members (excludes halogenated alkanes) is 1. The van der Waals surface area contributed by atoms with Crippen molar-refractivity contribution in [2.75, 3.05) is 6.61 Å². The van der Waals surface area contributed by atoms with Crippen molar-refractivity contribution in [3.05, 3.63) is 0 Å². The fourth-order valence-corrected chi connectivity index (χ4v) is 1.03. The Balaban J connectivity index is 3.70. The summed E-state index contributed by atoms with van der Waals surface area (Å²) in [7, 11) is 0. The smallest absolute Gasteiger partial charge is 0.100 e. The molecule has 0 aliphatic carbocycles. The molecule has 0 bridgehead atoms. The second kappa shape index (κ2) is 6.44. The lowest BCUT2D eigenvalue weighted by Crippen LogP contribution is -2.27. The highest BCUT2D eigenvalue weighted by Gasteiger charge is 2.23. The van der Waals surface area contributed by atoms with Gasteiger partial charge in [0.05, 0.1) is 6.61 Å². The molecular formula is C10H22O2. The third-order valence-corrected chi connectivity index (χ3v) is 2.19. The molecule has 0 aliphatic rings. The van der Waals surface area contributed by atoms with Gasteiger partial charge in [-0.05, 0) is 26.7 Å². The van der Waals surface area contributed by atoms with Gasteiger partial charge in [0.1, 0.15) is 5.60 Å². The van der Waals surface area contributed by atoms with Gasteiger partial charge in [0.25, 0.3) is 0 Å². The zero-order valence-electron chi connectivity index (χ0n) is 8.85. The molecule has 2 heteroatoms. The molecule has 1 unspecified atom stereocenters. The Labute approximate surface area is 76.2 Å². The lowest BCUT2D eigenvalue weighted by molar-refractivity contribution is -0.357. The molecule has 0 aromatic rings. The Morgan fingerprint density at radius 1 is 1.17 bits per heavy atom. The maximum Gasteiger partial charge on any atom is 0.100 e. The number of hydrogen-bond donors (Lipinski definition) is 0. The van der Waals surface area contributed by atoms with Crippen LogP contribution in [0.25, 0.3) is 0 Å². The highest BCUT2D eigenvalue weighted by molar-refractivity contribution is 4.70. The van der Waals surface area contributed by atoms with Gasteiger partial charge in [0, 0.05) is 0 Å². The monoisotopic (exact) mass is 174 g/mol. The van der Waals surface area contributed by atoms with Crippen LogP contribution in [0, 0.1) is 0 Å². The summed E-state index contributed by atoms with van der Waals surface area (Å²) in [6.45, 7) is 9.00. The second-order valence-electron chi connectivity index (χ2n) is 3.40. The van der Waals surface area contributed by atoms with Crippen molar-refractivity contribution in [2.24, 2.45) is 0 Å². The Hall–Kier alpha value is -0.0800. The molecule has 0 saturated heterocycles. The van der Waals surface area contributed by atoms with Crippen LogP contribution in [0.1, 0.15) is 53.4 Å². The standard InChI is InChI=1S/C10H22O2/c1-5-8-9-10(4,6-2)12-11-7-3/h5-9H2,1-4H3. The lowest BCUT2D eigenvalue weighted by atomic mass is 9.96. The van der Waals surface area contributed by atoms with E-state index in [1.54, 1.807) is 0 Å². The zero-order chi connectivity index (χ0) is 9.45.